The minimum absolute atomic E-state index is 0.347. The number of pyridine rings is 1. The maximum Gasteiger partial charge on any atom is 0.325 e. The minimum atomic E-state index is -0.347. The van der Waals surface area contributed by atoms with Crippen molar-refractivity contribution in [2.24, 2.45) is 0 Å². The molecule has 0 amide bonds. The van der Waals surface area contributed by atoms with Gasteiger partial charge in [-0.15, -0.1) is 0 Å². The second kappa shape index (κ2) is 2.20. The molecule has 12 heavy (non-hydrogen) atoms. The van der Waals surface area contributed by atoms with Crippen LogP contribution < -0.4 is 5.69 Å². The van der Waals surface area contributed by atoms with Gasteiger partial charge in [-0.05, 0) is 6.07 Å². The molecule has 5 heteroatoms. The monoisotopic (exact) mass is 160 g/mol. The molecule has 0 radical (unpaired) electrons. The zero-order valence-corrected chi connectivity index (χ0v) is 5.96. The first-order chi connectivity index (χ1) is 5.81. The fourth-order valence-electron chi connectivity index (χ4n) is 1.03. The van der Waals surface area contributed by atoms with Crippen molar-refractivity contribution in [3.05, 3.63) is 28.3 Å². The third-order valence-corrected chi connectivity index (χ3v) is 1.54. The van der Waals surface area contributed by atoms with Crippen LogP contribution in [0.15, 0.2) is 17.1 Å². The topological polar surface area (TPSA) is 85.3 Å². The van der Waals surface area contributed by atoms with E-state index >= 15 is 0 Å². The quantitative estimate of drug-likeness (QED) is 0.574. The Bertz CT molecular complexity index is 516. The Morgan fingerprint density at radius 2 is 2.33 bits per heavy atom. The normalized spacial score (nSPS) is 9.92. The molecule has 0 saturated carbocycles. The lowest BCUT2D eigenvalue weighted by Gasteiger charge is -1.87. The number of H-pyrrole nitrogens is 2. The zero-order chi connectivity index (χ0) is 8.55. The minimum Gasteiger partial charge on any atom is -0.303 e. The van der Waals surface area contributed by atoms with Gasteiger partial charge in [0.2, 0.25) is 0 Å². The molecule has 2 heterocycles. The van der Waals surface area contributed by atoms with Gasteiger partial charge in [0.1, 0.15) is 11.6 Å². The zero-order valence-electron chi connectivity index (χ0n) is 5.96. The second-order valence-corrected chi connectivity index (χ2v) is 2.27. The number of nitriles is 1. The van der Waals surface area contributed by atoms with Crippen LogP contribution in [0.2, 0.25) is 0 Å². The number of hydrogen-bond acceptors (Lipinski definition) is 3. The van der Waals surface area contributed by atoms with Gasteiger partial charge >= 0.3 is 5.69 Å². The first-order valence-corrected chi connectivity index (χ1v) is 3.28. The van der Waals surface area contributed by atoms with Crippen molar-refractivity contribution >= 4 is 11.2 Å². The van der Waals surface area contributed by atoms with Crippen LogP contribution in [0.1, 0.15) is 5.56 Å². The predicted octanol–water partition coefficient (Wildman–Crippen LogP) is 0.123. The Morgan fingerprint density at radius 3 is 3.08 bits per heavy atom. The average molecular weight is 160 g/mol. The summed E-state index contributed by atoms with van der Waals surface area (Å²) in [6, 6.07) is 3.50. The van der Waals surface area contributed by atoms with E-state index in [1.165, 1.54) is 6.20 Å². The maximum atomic E-state index is 10.8. The molecule has 0 aromatic carbocycles. The highest BCUT2D eigenvalue weighted by Gasteiger charge is 2.02. The molecule has 0 fully saturated rings. The Labute approximate surface area is 66.7 Å². The van der Waals surface area contributed by atoms with Crippen molar-refractivity contribution < 1.29 is 0 Å². The molecule has 58 valence electrons. The summed E-state index contributed by atoms with van der Waals surface area (Å²) in [6.07, 6.45) is 1.48. The van der Waals surface area contributed by atoms with Crippen LogP contribution in [0, 0.1) is 11.3 Å². The van der Waals surface area contributed by atoms with Crippen molar-refractivity contribution in [3.63, 3.8) is 0 Å². The Morgan fingerprint density at radius 1 is 1.50 bits per heavy atom. The molecule has 0 unspecified atom stereocenters. The fourth-order valence-corrected chi connectivity index (χ4v) is 1.03. The molecular formula is C7H4N4O. The van der Waals surface area contributed by atoms with Gasteiger partial charge in [0, 0.05) is 6.20 Å². The molecule has 0 aliphatic carbocycles. The van der Waals surface area contributed by atoms with Crippen LogP contribution in [-0.2, 0) is 0 Å². The molecule has 2 rings (SSSR count). The Balaban J connectivity index is 2.99. The van der Waals surface area contributed by atoms with Gasteiger partial charge in [0.25, 0.3) is 0 Å². The first-order valence-electron chi connectivity index (χ1n) is 3.28. The third-order valence-electron chi connectivity index (χ3n) is 1.54. The van der Waals surface area contributed by atoms with Crippen LogP contribution in [-0.4, -0.2) is 15.0 Å². The van der Waals surface area contributed by atoms with Crippen molar-refractivity contribution in [2.45, 2.75) is 0 Å². The van der Waals surface area contributed by atoms with Crippen LogP contribution in [0.5, 0.6) is 0 Å². The molecule has 0 spiro atoms. The fraction of sp³-hybridized carbons (Fsp3) is 0. The summed E-state index contributed by atoms with van der Waals surface area (Å²) < 4.78 is 0. The standard InChI is InChI=1S/C7H4N4O/c8-3-4-1-2-9-6-5(4)10-7(12)11-6/h1-2H,(H2,9,10,11,12). The first kappa shape index (κ1) is 6.61. The van der Waals surface area contributed by atoms with E-state index < -0.39 is 0 Å². The van der Waals surface area contributed by atoms with Gasteiger partial charge in [-0.25, -0.2) is 9.78 Å². The number of aromatic nitrogens is 3. The smallest absolute Gasteiger partial charge is 0.303 e. The summed E-state index contributed by atoms with van der Waals surface area (Å²) in [4.78, 5) is 19.6. The van der Waals surface area contributed by atoms with E-state index in [-0.39, 0.29) is 5.69 Å². The van der Waals surface area contributed by atoms with Crippen molar-refractivity contribution in [1.29, 1.82) is 5.26 Å². The van der Waals surface area contributed by atoms with E-state index in [1.807, 2.05) is 6.07 Å². The van der Waals surface area contributed by atoms with E-state index in [4.69, 9.17) is 5.26 Å². The molecule has 2 aromatic heterocycles. The molecule has 0 saturated heterocycles. The van der Waals surface area contributed by atoms with Crippen molar-refractivity contribution in [2.75, 3.05) is 0 Å². The van der Waals surface area contributed by atoms with Gasteiger partial charge in [0.15, 0.2) is 5.65 Å². The highest BCUT2D eigenvalue weighted by Crippen LogP contribution is 2.07. The summed E-state index contributed by atoms with van der Waals surface area (Å²) in [6.45, 7) is 0. The van der Waals surface area contributed by atoms with E-state index in [0.717, 1.165) is 0 Å². The third kappa shape index (κ3) is 0.787. The van der Waals surface area contributed by atoms with Gasteiger partial charge in [0.05, 0.1) is 5.56 Å². The average Bonchev–Trinajstić information content (AvgIpc) is 2.44. The van der Waals surface area contributed by atoms with Gasteiger partial charge < -0.3 is 4.98 Å². The molecule has 0 atom stereocenters. The molecule has 5 nitrogen and oxygen atoms in total. The molecular weight excluding hydrogens is 156 g/mol. The highest BCUT2D eigenvalue weighted by molar-refractivity contribution is 5.76. The largest absolute Gasteiger partial charge is 0.325 e. The van der Waals surface area contributed by atoms with Crippen molar-refractivity contribution in [3.8, 4) is 6.07 Å². The second-order valence-electron chi connectivity index (χ2n) is 2.27. The van der Waals surface area contributed by atoms with Gasteiger partial charge in [-0.3, -0.25) is 4.98 Å². The lowest BCUT2D eigenvalue weighted by Crippen LogP contribution is -1.99. The van der Waals surface area contributed by atoms with Crippen molar-refractivity contribution in [1.82, 2.24) is 15.0 Å². The van der Waals surface area contributed by atoms with E-state index in [2.05, 4.69) is 15.0 Å². The molecule has 0 aliphatic rings. The highest BCUT2D eigenvalue weighted by atomic mass is 16.1. The van der Waals surface area contributed by atoms with Crippen LogP contribution in [0.3, 0.4) is 0 Å². The number of nitrogens with one attached hydrogen (secondary N) is 2. The summed E-state index contributed by atoms with van der Waals surface area (Å²) >= 11 is 0. The predicted molar refractivity (Wildman–Crippen MR) is 41.4 cm³/mol. The lowest BCUT2D eigenvalue weighted by atomic mass is 10.3. The summed E-state index contributed by atoms with van der Waals surface area (Å²) in [7, 11) is 0. The van der Waals surface area contributed by atoms with E-state index in [9.17, 15) is 4.79 Å². The van der Waals surface area contributed by atoms with E-state index in [1.54, 1.807) is 6.07 Å². The number of nitrogens with zero attached hydrogens (tertiary/aromatic N) is 2. The number of rotatable bonds is 0. The maximum absolute atomic E-state index is 10.8. The molecule has 0 bridgehead atoms. The molecule has 2 aromatic rings. The van der Waals surface area contributed by atoms with Crippen LogP contribution in [0.25, 0.3) is 11.2 Å². The van der Waals surface area contributed by atoms with Crippen LogP contribution >= 0.6 is 0 Å². The molecule has 0 aliphatic heterocycles. The number of fused-ring (bicyclic) bond motifs is 1. The van der Waals surface area contributed by atoms with Gasteiger partial charge in [-0.2, -0.15) is 5.26 Å². The van der Waals surface area contributed by atoms with Gasteiger partial charge in [-0.1, -0.05) is 0 Å². The summed E-state index contributed by atoms with van der Waals surface area (Å²) in [5, 5.41) is 8.63. The Kier molecular flexibility index (Phi) is 1.21. The SMILES string of the molecule is N#Cc1ccnc2[nH]c(=O)[nH]c12. The number of imidazole rings is 1. The number of hydrogen-bond donors (Lipinski definition) is 2. The number of aromatic amines is 2. The lowest BCUT2D eigenvalue weighted by molar-refractivity contribution is 1.20. The molecule has 2 N–H and O–H groups in total. The van der Waals surface area contributed by atoms with E-state index in [0.29, 0.717) is 16.7 Å². The summed E-state index contributed by atoms with van der Waals surface area (Å²) in [5.74, 6) is 0. The Hall–Kier alpha value is -2.09. The van der Waals surface area contributed by atoms with Crippen LogP contribution in [0.4, 0.5) is 0 Å². The summed E-state index contributed by atoms with van der Waals surface area (Å²) in [5.41, 5.74) is 0.947.